The molecule has 6 heteroatoms. The number of amides is 2. The van der Waals surface area contributed by atoms with Crippen molar-refractivity contribution < 1.29 is 9.59 Å². The fourth-order valence-electron chi connectivity index (χ4n) is 4.10. The SMILES string of the molecule is CNC(=O)CN1C[C@@H](NC(=O)c2cccc3c2NCCC3)[C@H](C(C)C)C1. The van der Waals surface area contributed by atoms with E-state index >= 15 is 0 Å². The first kappa shape index (κ1) is 18.7. The van der Waals surface area contributed by atoms with E-state index in [1.54, 1.807) is 7.05 Å². The molecule has 3 N–H and O–H groups in total. The summed E-state index contributed by atoms with van der Waals surface area (Å²) in [5, 5.41) is 9.31. The molecule has 0 spiro atoms. The molecule has 2 aliphatic heterocycles. The number of likely N-dealkylation sites (N-methyl/N-ethyl adjacent to an activating group) is 1. The van der Waals surface area contributed by atoms with Crippen molar-refractivity contribution in [3.05, 3.63) is 29.3 Å². The maximum Gasteiger partial charge on any atom is 0.253 e. The summed E-state index contributed by atoms with van der Waals surface area (Å²) in [6.07, 6.45) is 2.12. The quantitative estimate of drug-likeness (QED) is 0.745. The van der Waals surface area contributed by atoms with Crippen molar-refractivity contribution in [3.8, 4) is 0 Å². The molecule has 0 radical (unpaired) electrons. The Morgan fingerprint density at radius 2 is 2.12 bits per heavy atom. The zero-order valence-electron chi connectivity index (χ0n) is 16.0. The van der Waals surface area contributed by atoms with Gasteiger partial charge in [-0.1, -0.05) is 26.0 Å². The topological polar surface area (TPSA) is 73.5 Å². The zero-order chi connectivity index (χ0) is 18.7. The number of anilines is 1. The van der Waals surface area contributed by atoms with Gasteiger partial charge in [0.2, 0.25) is 5.91 Å². The van der Waals surface area contributed by atoms with Crippen molar-refractivity contribution in [1.82, 2.24) is 15.5 Å². The monoisotopic (exact) mass is 358 g/mol. The van der Waals surface area contributed by atoms with Crippen LogP contribution in [0.15, 0.2) is 18.2 Å². The highest BCUT2D eigenvalue weighted by Gasteiger charge is 2.36. The summed E-state index contributed by atoms with van der Waals surface area (Å²) >= 11 is 0. The van der Waals surface area contributed by atoms with E-state index in [4.69, 9.17) is 0 Å². The standard InChI is InChI=1S/C20H30N4O2/c1-13(2)16-10-24(12-18(25)21-3)11-17(16)23-20(26)15-8-4-6-14-7-5-9-22-19(14)15/h4,6,8,13,16-17,22H,5,7,9-12H2,1-3H3,(H,21,25)(H,23,26)/t16-,17+/m0/s1. The van der Waals surface area contributed by atoms with Crippen LogP contribution in [-0.4, -0.2) is 56.0 Å². The molecule has 0 aliphatic carbocycles. The van der Waals surface area contributed by atoms with E-state index in [2.05, 4.69) is 40.8 Å². The largest absolute Gasteiger partial charge is 0.384 e. The molecule has 26 heavy (non-hydrogen) atoms. The number of carbonyl (C=O) groups excluding carboxylic acids is 2. The van der Waals surface area contributed by atoms with Crippen molar-refractivity contribution in [2.45, 2.75) is 32.7 Å². The smallest absolute Gasteiger partial charge is 0.253 e. The van der Waals surface area contributed by atoms with Crippen LogP contribution in [0.1, 0.15) is 36.2 Å². The molecule has 1 fully saturated rings. The minimum atomic E-state index is -0.0197. The van der Waals surface area contributed by atoms with Crippen LogP contribution in [0.4, 0.5) is 5.69 Å². The number of benzene rings is 1. The number of rotatable bonds is 5. The molecule has 6 nitrogen and oxygen atoms in total. The first-order chi connectivity index (χ1) is 12.5. The molecule has 142 valence electrons. The van der Waals surface area contributed by atoms with E-state index < -0.39 is 0 Å². The van der Waals surface area contributed by atoms with Gasteiger partial charge in [0.05, 0.1) is 17.8 Å². The van der Waals surface area contributed by atoms with Gasteiger partial charge in [-0.3, -0.25) is 14.5 Å². The highest BCUT2D eigenvalue weighted by molar-refractivity contribution is 6.00. The van der Waals surface area contributed by atoms with Gasteiger partial charge in [-0.15, -0.1) is 0 Å². The number of nitrogens with zero attached hydrogens (tertiary/aromatic N) is 1. The van der Waals surface area contributed by atoms with Crippen LogP contribution in [-0.2, 0) is 11.2 Å². The molecule has 0 bridgehead atoms. The number of hydrogen-bond donors (Lipinski definition) is 3. The Hall–Kier alpha value is -2.08. The summed E-state index contributed by atoms with van der Waals surface area (Å²) in [6, 6.07) is 6.02. The fourth-order valence-corrected chi connectivity index (χ4v) is 4.10. The third-order valence-corrected chi connectivity index (χ3v) is 5.58. The second-order valence-electron chi connectivity index (χ2n) is 7.73. The van der Waals surface area contributed by atoms with E-state index in [0.29, 0.717) is 24.9 Å². The van der Waals surface area contributed by atoms with E-state index in [0.717, 1.165) is 37.2 Å². The van der Waals surface area contributed by atoms with Gasteiger partial charge in [0, 0.05) is 32.7 Å². The lowest BCUT2D eigenvalue weighted by molar-refractivity contribution is -0.121. The lowest BCUT2D eigenvalue weighted by atomic mass is 9.91. The molecule has 2 amide bonds. The Bertz CT molecular complexity index is 674. The Balaban J connectivity index is 1.72. The molecular weight excluding hydrogens is 328 g/mol. The van der Waals surface area contributed by atoms with Crippen LogP contribution in [0.25, 0.3) is 0 Å². The van der Waals surface area contributed by atoms with Gasteiger partial charge in [0.25, 0.3) is 5.91 Å². The number of aryl methyl sites for hydroxylation is 1. The van der Waals surface area contributed by atoms with Gasteiger partial charge in [-0.25, -0.2) is 0 Å². The average Bonchev–Trinajstić information content (AvgIpc) is 3.03. The molecule has 2 aliphatic rings. The number of fused-ring (bicyclic) bond motifs is 1. The highest BCUT2D eigenvalue weighted by Crippen LogP contribution is 2.28. The van der Waals surface area contributed by atoms with Crippen molar-refractivity contribution in [2.24, 2.45) is 11.8 Å². The van der Waals surface area contributed by atoms with Crippen LogP contribution in [0.3, 0.4) is 0 Å². The molecular formula is C20H30N4O2. The lowest BCUT2D eigenvalue weighted by Gasteiger charge is -2.25. The third kappa shape index (κ3) is 4.01. The highest BCUT2D eigenvalue weighted by atomic mass is 16.2. The fraction of sp³-hybridized carbons (Fsp3) is 0.600. The Kier molecular flexibility index (Phi) is 5.81. The molecule has 1 aromatic rings. The van der Waals surface area contributed by atoms with Crippen LogP contribution < -0.4 is 16.0 Å². The van der Waals surface area contributed by atoms with E-state index in [1.165, 1.54) is 5.56 Å². The summed E-state index contributed by atoms with van der Waals surface area (Å²) in [4.78, 5) is 26.8. The van der Waals surface area contributed by atoms with Gasteiger partial charge in [-0.05, 0) is 36.3 Å². The number of para-hydroxylation sites is 1. The lowest BCUT2D eigenvalue weighted by Crippen LogP contribution is -2.42. The molecule has 3 rings (SSSR count). The Morgan fingerprint density at radius 3 is 2.85 bits per heavy atom. The van der Waals surface area contributed by atoms with Crippen molar-refractivity contribution in [2.75, 3.05) is 38.5 Å². The van der Waals surface area contributed by atoms with Crippen LogP contribution in [0, 0.1) is 11.8 Å². The zero-order valence-corrected chi connectivity index (χ0v) is 16.0. The average molecular weight is 358 g/mol. The maximum absolute atomic E-state index is 13.0. The summed E-state index contributed by atoms with van der Waals surface area (Å²) in [7, 11) is 1.66. The first-order valence-corrected chi connectivity index (χ1v) is 9.59. The Labute approximate surface area is 155 Å². The number of nitrogens with one attached hydrogen (secondary N) is 3. The van der Waals surface area contributed by atoms with E-state index in [1.807, 2.05) is 12.1 Å². The van der Waals surface area contributed by atoms with Gasteiger partial charge in [0.1, 0.15) is 0 Å². The maximum atomic E-state index is 13.0. The third-order valence-electron chi connectivity index (χ3n) is 5.58. The summed E-state index contributed by atoms with van der Waals surface area (Å²) in [5.41, 5.74) is 2.93. The molecule has 0 aromatic heterocycles. The minimum Gasteiger partial charge on any atom is -0.384 e. The molecule has 1 saturated heterocycles. The normalized spacial score (nSPS) is 22.6. The summed E-state index contributed by atoms with van der Waals surface area (Å²) in [5.74, 6) is 0.781. The van der Waals surface area contributed by atoms with Crippen molar-refractivity contribution in [1.29, 1.82) is 0 Å². The van der Waals surface area contributed by atoms with E-state index in [9.17, 15) is 9.59 Å². The molecule has 0 unspecified atom stereocenters. The second-order valence-corrected chi connectivity index (χ2v) is 7.73. The van der Waals surface area contributed by atoms with Crippen LogP contribution >= 0.6 is 0 Å². The van der Waals surface area contributed by atoms with Gasteiger partial charge in [-0.2, -0.15) is 0 Å². The number of hydrogen-bond acceptors (Lipinski definition) is 4. The molecule has 1 aromatic carbocycles. The van der Waals surface area contributed by atoms with Crippen LogP contribution in [0.5, 0.6) is 0 Å². The summed E-state index contributed by atoms with van der Waals surface area (Å²) in [6.45, 7) is 7.20. The molecule has 0 saturated carbocycles. The van der Waals surface area contributed by atoms with Gasteiger partial charge < -0.3 is 16.0 Å². The van der Waals surface area contributed by atoms with Crippen molar-refractivity contribution in [3.63, 3.8) is 0 Å². The predicted octanol–water partition coefficient (Wildman–Crippen LogP) is 1.48. The number of carbonyl (C=O) groups is 2. The predicted molar refractivity (Wildman–Crippen MR) is 103 cm³/mol. The van der Waals surface area contributed by atoms with Crippen molar-refractivity contribution >= 4 is 17.5 Å². The van der Waals surface area contributed by atoms with Crippen LogP contribution in [0.2, 0.25) is 0 Å². The Morgan fingerprint density at radius 1 is 1.31 bits per heavy atom. The molecule has 2 heterocycles. The van der Waals surface area contributed by atoms with E-state index in [-0.39, 0.29) is 17.9 Å². The summed E-state index contributed by atoms with van der Waals surface area (Å²) < 4.78 is 0. The first-order valence-electron chi connectivity index (χ1n) is 9.59. The van der Waals surface area contributed by atoms with Gasteiger partial charge >= 0.3 is 0 Å². The molecule has 2 atom stereocenters. The second kappa shape index (κ2) is 8.08. The van der Waals surface area contributed by atoms with Gasteiger partial charge in [0.15, 0.2) is 0 Å². The minimum absolute atomic E-state index is 0.0146. The number of likely N-dealkylation sites (tertiary alicyclic amines) is 1.